The largest absolute Gasteiger partial charge is 0.244 e. The summed E-state index contributed by atoms with van der Waals surface area (Å²) in [5, 5.41) is 3.34. The number of aromatic nitrogens is 2. The molecule has 0 N–H and O–H groups in total. The van der Waals surface area contributed by atoms with E-state index < -0.39 is 0 Å². The molecule has 0 spiro atoms. The fourth-order valence-corrected chi connectivity index (χ4v) is 1.60. The van der Waals surface area contributed by atoms with Gasteiger partial charge in [0.05, 0.1) is 5.52 Å². The Balaban J connectivity index is 2.52. The van der Waals surface area contributed by atoms with E-state index in [2.05, 4.69) is 28.2 Å². The van der Waals surface area contributed by atoms with Crippen molar-refractivity contribution in [3.05, 3.63) is 48.9 Å². The van der Waals surface area contributed by atoms with Crippen molar-refractivity contribution in [1.82, 2.24) is 9.97 Å². The zero-order valence-corrected chi connectivity index (χ0v) is 7.44. The maximum atomic E-state index is 4.20. The van der Waals surface area contributed by atoms with Gasteiger partial charge in [0.25, 0.3) is 0 Å². The first kappa shape index (κ1) is 7.44. The molecule has 1 heterocycles. The van der Waals surface area contributed by atoms with Crippen LogP contribution in [0.5, 0.6) is 0 Å². The lowest BCUT2D eigenvalue weighted by molar-refractivity contribution is 1.22. The molecule has 2 nitrogen and oxygen atoms in total. The second-order valence-electron chi connectivity index (χ2n) is 3.19. The molecule has 0 bridgehead atoms. The molecule has 0 unspecified atom stereocenters. The molecule has 65 valence electrons. The summed E-state index contributed by atoms with van der Waals surface area (Å²) in [6.45, 7) is 0. The van der Waals surface area contributed by atoms with Crippen LogP contribution in [0.3, 0.4) is 0 Å². The topological polar surface area (TPSA) is 25.8 Å². The molecule has 0 aliphatic carbocycles. The van der Waals surface area contributed by atoms with Crippen LogP contribution in [0.15, 0.2) is 42.9 Å². The SMILES string of the molecule is [c]1cccc2cc3cncnc3cc12. The molecule has 1 radical (unpaired) electrons. The van der Waals surface area contributed by atoms with Crippen LogP contribution in [0, 0.1) is 6.07 Å². The summed E-state index contributed by atoms with van der Waals surface area (Å²) in [5.74, 6) is 0. The van der Waals surface area contributed by atoms with Crippen LogP contribution in [-0.2, 0) is 0 Å². The van der Waals surface area contributed by atoms with Crippen LogP contribution in [0.4, 0.5) is 0 Å². The minimum Gasteiger partial charge on any atom is -0.244 e. The fraction of sp³-hybridized carbons (Fsp3) is 0. The molecular formula is C12H7N2. The van der Waals surface area contributed by atoms with Gasteiger partial charge >= 0.3 is 0 Å². The summed E-state index contributed by atoms with van der Waals surface area (Å²) >= 11 is 0. The molecule has 0 saturated carbocycles. The predicted molar refractivity (Wildman–Crippen MR) is 55.9 cm³/mol. The molecule has 1 aromatic heterocycles. The molecule has 0 saturated heterocycles. The van der Waals surface area contributed by atoms with Gasteiger partial charge in [0.2, 0.25) is 0 Å². The van der Waals surface area contributed by atoms with E-state index >= 15 is 0 Å². The highest BCUT2D eigenvalue weighted by Gasteiger charge is 1.97. The minimum atomic E-state index is 0.968. The smallest absolute Gasteiger partial charge is 0.116 e. The molecule has 0 fully saturated rings. The van der Waals surface area contributed by atoms with Crippen molar-refractivity contribution in [1.29, 1.82) is 0 Å². The number of rotatable bonds is 0. The van der Waals surface area contributed by atoms with Gasteiger partial charge in [0.1, 0.15) is 6.33 Å². The third kappa shape index (κ3) is 1.04. The molecule has 3 aromatic rings. The number of hydrogen-bond acceptors (Lipinski definition) is 2. The number of benzene rings is 2. The van der Waals surface area contributed by atoms with Gasteiger partial charge in [-0.25, -0.2) is 9.97 Å². The van der Waals surface area contributed by atoms with Gasteiger partial charge < -0.3 is 0 Å². The van der Waals surface area contributed by atoms with Crippen LogP contribution in [-0.4, -0.2) is 9.97 Å². The Morgan fingerprint density at radius 3 is 3.14 bits per heavy atom. The summed E-state index contributed by atoms with van der Waals surface area (Å²) < 4.78 is 0. The molecular weight excluding hydrogens is 172 g/mol. The Morgan fingerprint density at radius 2 is 2.14 bits per heavy atom. The molecule has 2 heteroatoms. The van der Waals surface area contributed by atoms with Crippen molar-refractivity contribution in [3.8, 4) is 0 Å². The molecule has 0 aliphatic rings. The van der Waals surface area contributed by atoms with Crippen LogP contribution >= 0.6 is 0 Å². The van der Waals surface area contributed by atoms with Crippen LogP contribution in [0.2, 0.25) is 0 Å². The summed E-state index contributed by atoms with van der Waals surface area (Å²) in [4.78, 5) is 8.20. The van der Waals surface area contributed by atoms with Crippen molar-refractivity contribution >= 4 is 21.7 Å². The van der Waals surface area contributed by atoms with Crippen molar-refractivity contribution in [2.75, 3.05) is 0 Å². The standard InChI is InChI=1S/C12H7N2/c1-2-4-10-6-12-11(5-9(10)3-1)7-13-8-14-12/h1-3,5-8H. The van der Waals surface area contributed by atoms with Crippen molar-refractivity contribution in [2.24, 2.45) is 0 Å². The zero-order valence-electron chi connectivity index (χ0n) is 7.44. The maximum Gasteiger partial charge on any atom is 0.116 e. The average Bonchev–Trinajstić information content (AvgIpc) is 2.26. The molecule has 3 rings (SSSR count). The van der Waals surface area contributed by atoms with E-state index in [9.17, 15) is 0 Å². The average molecular weight is 179 g/mol. The van der Waals surface area contributed by atoms with E-state index in [0.29, 0.717) is 0 Å². The summed E-state index contributed by atoms with van der Waals surface area (Å²) in [6.07, 6.45) is 3.39. The fourth-order valence-electron chi connectivity index (χ4n) is 1.60. The van der Waals surface area contributed by atoms with E-state index in [1.807, 2.05) is 24.4 Å². The maximum absolute atomic E-state index is 4.20. The monoisotopic (exact) mass is 179 g/mol. The van der Waals surface area contributed by atoms with E-state index in [1.165, 1.54) is 5.39 Å². The number of nitrogens with zero attached hydrogens (tertiary/aromatic N) is 2. The molecule has 0 aliphatic heterocycles. The number of hydrogen-bond donors (Lipinski definition) is 0. The quantitative estimate of drug-likeness (QED) is 0.496. The first-order valence-electron chi connectivity index (χ1n) is 4.44. The zero-order chi connectivity index (χ0) is 9.38. The molecule has 0 amide bonds. The van der Waals surface area contributed by atoms with E-state index in [-0.39, 0.29) is 0 Å². The second kappa shape index (κ2) is 2.77. The molecule has 0 atom stereocenters. The Morgan fingerprint density at radius 1 is 1.14 bits per heavy atom. The predicted octanol–water partition coefficient (Wildman–Crippen LogP) is 2.58. The summed E-state index contributed by atoms with van der Waals surface area (Å²) in [5.41, 5.74) is 0.968. The Labute approximate surface area is 81.2 Å². The lowest BCUT2D eigenvalue weighted by Gasteiger charge is -1.99. The number of fused-ring (bicyclic) bond motifs is 2. The van der Waals surface area contributed by atoms with Gasteiger partial charge in [-0.1, -0.05) is 18.2 Å². The highest BCUT2D eigenvalue weighted by Crippen LogP contribution is 2.19. The van der Waals surface area contributed by atoms with Gasteiger partial charge in [-0.2, -0.15) is 0 Å². The van der Waals surface area contributed by atoms with Gasteiger partial charge in [0, 0.05) is 11.6 Å². The lowest BCUT2D eigenvalue weighted by Crippen LogP contribution is -1.81. The van der Waals surface area contributed by atoms with Crippen LogP contribution < -0.4 is 0 Å². The highest BCUT2D eigenvalue weighted by atomic mass is 14.8. The van der Waals surface area contributed by atoms with E-state index in [4.69, 9.17) is 0 Å². The van der Waals surface area contributed by atoms with Gasteiger partial charge in [0.15, 0.2) is 0 Å². The van der Waals surface area contributed by atoms with E-state index in [1.54, 1.807) is 6.33 Å². The van der Waals surface area contributed by atoms with Crippen molar-refractivity contribution < 1.29 is 0 Å². The Bertz CT molecular complexity index is 497. The second-order valence-corrected chi connectivity index (χ2v) is 3.19. The van der Waals surface area contributed by atoms with Gasteiger partial charge in [-0.05, 0) is 29.0 Å². The van der Waals surface area contributed by atoms with Crippen LogP contribution in [0.1, 0.15) is 0 Å². The van der Waals surface area contributed by atoms with Crippen LogP contribution in [0.25, 0.3) is 21.7 Å². The van der Waals surface area contributed by atoms with E-state index in [0.717, 1.165) is 16.3 Å². The minimum absolute atomic E-state index is 0.968. The lowest BCUT2D eigenvalue weighted by atomic mass is 10.1. The molecule has 14 heavy (non-hydrogen) atoms. The third-order valence-electron chi connectivity index (χ3n) is 2.29. The van der Waals surface area contributed by atoms with Crippen molar-refractivity contribution in [3.63, 3.8) is 0 Å². The summed E-state index contributed by atoms with van der Waals surface area (Å²) in [7, 11) is 0. The first-order chi connectivity index (χ1) is 6.93. The van der Waals surface area contributed by atoms with Crippen molar-refractivity contribution in [2.45, 2.75) is 0 Å². The van der Waals surface area contributed by atoms with Gasteiger partial charge in [-0.15, -0.1) is 0 Å². The summed E-state index contributed by atoms with van der Waals surface area (Å²) in [6, 6.07) is 13.3. The third-order valence-corrected chi connectivity index (χ3v) is 2.29. The van der Waals surface area contributed by atoms with Gasteiger partial charge in [-0.3, -0.25) is 0 Å². The highest BCUT2D eigenvalue weighted by molar-refractivity contribution is 5.95. The molecule has 2 aromatic carbocycles. The Kier molecular flexibility index (Phi) is 1.47. The Hall–Kier alpha value is -1.96. The first-order valence-corrected chi connectivity index (χ1v) is 4.44. The normalized spacial score (nSPS) is 10.9.